The summed E-state index contributed by atoms with van der Waals surface area (Å²) in [6.07, 6.45) is 0.928. The number of epoxide rings is 1. The zero-order valence-corrected chi connectivity index (χ0v) is 22.6. The Morgan fingerprint density at radius 1 is 1.13 bits per heavy atom. The third kappa shape index (κ3) is 4.91. The standard InChI is InChI=1S/C29H35FN2O6/c1-27(2,3)37-26(34)31-15-14-29(28(4,17-31)38-29)18-36-23-12-11-22(30)25-21(23)10-13-24(33)32(25)16-19-6-8-20(35-5)9-7-19/h6-9,11-12H,10,13-18H2,1-5H3/t28-,29-/m0/s1. The molecule has 0 unspecified atom stereocenters. The highest BCUT2D eigenvalue weighted by Crippen LogP contribution is 2.54. The van der Waals surface area contributed by atoms with E-state index >= 15 is 4.39 Å². The highest BCUT2D eigenvalue weighted by molar-refractivity contribution is 5.97. The summed E-state index contributed by atoms with van der Waals surface area (Å²) in [5, 5.41) is 0. The number of amides is 2. The summed E-state index contributed by atoms with van der Waals surface area (Å²) in [5.74, 6) is 0.683. The van der Waals surface area contributed by atoms with Crippen LogP contribution in [0.5, 0.6) is 11.5 Å². The first kappa shape index (κ1) is 26.3. The second-order valence-corrected chi connectivity index (χ2v) is 11.5. The van der Waals surface area contributed by atoms with E-state index in [2.05, 4.69) is 0 Å². The minimum atomic E-state index is -0.565. The molecule has 5 rings (SSSR count). The van der Waals surface area contributed by atoms with Gasteiger partial charge < -0.3 is 28.7 Å². The first-order valence-electron chi connectivity index (χ1n) is 13.0. The van der Waals surface area contributed by atoms with Crippen LogP contribution in [0.15, 0.2) is 36.4 Å². The average molecular weight is 527 g/mol. The van der Waals surface area contributed by atoms with E-state index in [0.29, 0.717) is 43.0 Å². The van der Waals surface area contributed by atoms with Gasteiger partial charge in [-0.15, -0.1) is 0 Å². The summed E-state index contributed by atoms with van der Waals surface area (Å²) in [5.41, 5.74) is 0.188. The minimum absolute atomic E-state index is 0.129. The van der Waals surface area contributed by atoms with Crippen molar-refractivity contribution >= 4 is 17.7 Å². The number of likely N-dealkylation sites (tertiary alicyclic amines) is 1. The van der Waals surface area contributed by atoms with Crippen molar-refractivity contribution in [1.82, 2.24) is 4.90 Å². The van der Waals surface area contributed by atoms with E-state index in [1.54, 1.807) is 18.1 Å². The molecular formula is C29H35FN2O6. The molecule has 38 heavy (non-hydrogen) atoms. The Balaban J connectivity index is 1.30. The number of ether oxygens (including phenoxy) is 4. The molecule has 2 saturated heterocycles. The van der Waals surface area contributed by atoms with Crippen LogP contribution in [0.25, 0.3) is 0 Å². The largest absolute Gasteiger partial charge is 0.497 e. The zero-order valence-electron chi connectivity index (χ0n) is 22.6. The molecule has 0 radical (unpaired) electrons. The zero-order chi connectivity index (χ0) is 27.3. The molecule has 0 aliphatic carbocycles. The predicted octanol–water partition coefficient (Wildman–Crippen LogP) is 4.86. The average Bonchev–Trinajstić information content (AvgIpc) is 3.49. The summed E-state index contributed by atoms with van der Waals surface area (Å²) >= 11 is 0. The fourth-order valence-electron chi connectivity index (χ4n) is 5.42. The van der Waals surface area contributed by atoms with Crippen LogP contribution in [0.1, 0.15) is 51.7 Å². The van der Waals surface area contributed by atoms with Crippen LogP contribution in [0.2, 0.25) is 0 Å². The van der Waals surface area contributed by atoms with Gasteiger partial charge in [0.1, 0.15) is 40.7 Å². The molecule has 0 aromatic heterocycles. The number of rotatable bonds is 6. The van der Waals surface area contributed by atoms with Crippen molar-refractivity contribution in [3.8, 4) is 11.5 Å². The summed E-state index contributed by atoms with van der Waals surface area (Å²) in [6.45, 7) is 8.95. The molecule has 3 aliphatic rings. The fraction of sp³-hybridized carbons (Fsp3) is 0.517. The Morgan fingerprint density at radius 3 is 2.53 bits per heavy atom. The van der Waals surface area contributed by atoms with Crippen molar-refractivity contribution in [3.63, 3.8) is 0 Å². The monoisotopic (exact) mass is 526 g/mol. The molecule has 0 N–H and O–H groups in total. The highest BCUT2D eigenvalue weighted by atomic mass is 19.1. The molecule has 0 spiro atoms. The van der Waals surface area contributed by atoms with Gasteiger partial charge in [0.15, 0.2) is 0 Å². The fourth-order valence-corrected chi connectivity index (χ4v) is 5.42. The number of hydrogen-bond acceptors (Lipinski definition) is 6. The summed E-state index contributed by atoms with van der Waals surface area (Å²) in [7, 11) is 1.59. The van der Waals surface area contributed by atoms with Crippen molar-refractivity contribution in [2.45, 2.75) is 70.3 Å². The molecule has 204 valence electrons. The Hall–Kier alpha value is -3.33. The summed E-state index contributed by atoms with van der Waals surface area (Å²) < 4.78 is 38.3. The molecule has 0 bridgehead atoms. The van der Waals surface area contributed by atoms with Gasteiger partial charge in [0.25, 0.3) is 0 Å². The van der Waals surface area contributed by atoms with Crippen LogP contribution in [0.4, 0.5) is 14.9 Å². The van der Waals surface area contributed by atoms with Gasteiger partial charge in [-0.3, -0.25) is 4.79 Å². The summed E-state index contributed by atoms with van der Waals surface area (Å²) in [4.78, 5) is 28.6. The van der Waals surface area contributed by atoms with Crippen molar-refractivity contribution in [2.24, 2.45) is 0 Å². The Kier molecular flexibility index (Phi) is 6.54. The smallest absolute Gasteiger partial charge is 0.410 e. The van der Waals surface area contributed by atoms with Crippen molar-refractivity contribution in [1.29, 1.82) is 0 Å². The van der Waals surface area contributed by atoms with E-state index in [9.17, 15) is 9.59 Å². The van der Waals surface area contributed by atoms with Crippen molar-refractivity contribution in [2.75, 3.05) is 31.7 Å². The minimum Gasteiger partial charge on any atom is -0.497 e. The number of anilines is 1. The van der Waals surface area contributed by atoms with E-state index in [1.165, 1.54) is 11.0 Å². The van der Waals surface area contributed by atoms with Crippen LogP contribution < -0.4 is 14.4 Å². The number of methoxy groups -OCH3 is 1. The quantitative estimate of drug-likeness (QED) is 0.500. The first-order chi connectivity index (χ1) is 17.9. The van der Waals surface area contributed by atoms with E-state index in [0.717, 1.165) is 5.56 Å². The van der Waals surface area contributed by atoms with Gasteiger partial charge >= 0.3 is 6.09 Å². The lowest BCUT2D eigenvalue weighted by atomic mass is 9.87. The van der Waals surface area contributed by atoms with Crippen LogP contribution in [0, 0.1) is 5.82 Å². The summed E-state index contributed by atoms with van der Waals surface area (Å²) in [6, 6.07) is 10.4. The van der Waals surface area contributed by atoms with E-state index in [1.807, 2.05) is 52.0 Å². The molecule has 2 aromatic carbocycles. The maximum Gasteiger partial charge on any atom is 0.410 e. The number of halogens is 1. The molecular weight excluding hydrogens is 491 g/mol. The van der Waals surface area contributed by atoms with Crippen LogP contribution in [-0.2, 0) is 27.2 Å². The number of nitrogens with zero attached hydrogens (tertiary/aromatic N) is 2. The number of hydrogen-bond donors (Lipinski definition) is 0. The molecule has 2 atom stereocenters. The van der Waals surface area contributed by atoms with Crippen LogP contribution in [0.3, 0.4) is 0 Å². The lowest BCUT2D eigenvalue weighted by Crippen LogP contribution is -2.50. The maximum atomic E-state index is 15.1. The Morgan fingerprint density at radius 2 is 1.87 bits per heavy atom. The second-order valence-electron chi connectivity index (χ2n) is 11.5. The lowest BCUT2D eigenvalue weighted by Gasteiger charge is -2.34. The highest BCUT2D eigenvalue weighted by Gasteiger charge is 2.70. The number of carbonyl (C=O) groups excluding carboxylic acids is 2. The SMILES string of the molecule is COc1ccc(CN2C(=O)CCc3c(OC[C@@]45CCN(C(=O)OC(C)(C)C)C[C@]4(C)O5)ccc(F)c32)cc1. The number of piperidine rings is 1. The number of fused-ring (bicyclic) bond motifs is 2. The topological polar surface area (TPSA) is 80.8 Å². The Bertz CT molecular complexity index is 1240. The third-order valence-electron chi connectivity index (χ3n) is 7.58. The van der Waals surface area contributed by atoms with Gasteiger partial charge in [0, 0.05) is 24.9 Å². The van der Waals surface area contributed by atoms with Gasteiger partial charge in [-0.1, -0.05) is 12.1 Å². The maximum absolute atomic E-state index is 15.1. The van der Waals surface area contributed by atoms with Crippen LogP contribution >= 0.6 is 0 Å². The van der Waals surface area contributed by atoms with Gasteiger partial charge in [-0.05, 0) is 63.9 Å². The molecule has 9 heteroatoms. The molecule has 0 saturated carbocycles. The molecule has 2 fully saturated rings. The van der Waals surface area contributed by atoms with Crippen LogP contribution in [-0.4, -0.2) is 60.5 Å². The molecule has 2 amide bonds. The molecule has 8 nitrogen and oxygen atoms in total. The van der Waals surface area contributed by atoms with Gasteiger partial charge in [-0.25, -0.2) is 9.18 Å². The number of benzene rings is 2. The van der Waals surface area contributed by atoms with E-state index in [4.69, 9.17) is 18.9 Å². The molecule has 3 heterocycles. The molecule has 2 aromatic rings. The lowest BCUT2D eigenvalue weighted by molar-refractivity contribution is -0.119. The second kappa shape index (κ2) is 9.45. The predicted molar refractivity (Wildman–Crippen MR) is 139 cm³/mol. The van der Waals surface area contributed by atoms with Gasteiger partial charge in [-0.2, -0.15) is 0 Å². The van der Waals surface area contributed by atoms with Gasteiger partial charge in [0.2, 0.25) is 5.91 Å². The Labute approximate surface area is 222 Å². The van der Waals surface area contributed by atoms with E-state index in [-0.39, 0.29) is 37.3 Å². The van der Waals surface area contributed by atoms with E-state index < -0.39 is 22.6 Å². The van der Waals surface area contributed by atoms with Crippen molar-refractivity contribution < 1.29 is 32.9 Å². The third-order valence-corrected chi connectivity index (χ3v) is 7.58. The van der Waals surface area contributed by atoms with Crippen molar-refractivity contribution in [3.05, 3.63) is 53.3 Å². The van der Waals surface area contributed by atoms with Gasteiger partial charge in [0.05, 0.1) is 25.9 Å². The first-order valence-corrected chi connectivity index (χ1v) is 13.0. The molecule has 3 aliphatic heterocycles. The normalized spacial score (nSPS) is 24.4. The number of carbonyl (C=O) groups is 2.